The Morgan fingerprint density at radius 3 is 3.00 bits per heavy atom. The second-order valence-electron chi connectivity index (χ2n) is 3.21. The highest BCUT2D eigenvalue weighted by molar-refractivity contribution is 5.78. The Morgan fingerprint density at radius 2 is 2.36 bits per heavy atom. The Bertz CT molecular complexity index is 252. The normalized spacial score (nSPS) is 10.4. The summed E-state index contributed by atoms with van der Waals surface area (Å²) in [5.41, 5.74) is 0. The molecule has 0 atom stereocenters. The number of carbonyl (C=O) groups excluding carboxylic acids is 1. The summed E-state index contributed by atoms with van der Waals surface area (Å²) in [6.45, 7) is 0.659. The lowest BCUT2D eigenvalue weighted by molar-refractivity contribution is -0.119. The molecule has 0 amide bonds. The number of methoxy groups -OCH3 is 1. The van der Waals surface area contributed by atoms with Gasteiger partial charge in [-0.25, -0.2) is 0 Å². The molecule has 0 saturated carbocycles. The van der Waals surface area contributed by atoms with E-state index >= 15 is 0 Å². The SMILES string of the molecule is COCCCC(=O)CCc1ccco1. The molecule has 1 aromatic heterocycles. The van der Waals surface area contributed by atoms with Crippen molar-refractivity contribution in [2.75, 3.05) is 13.7 Å². The monoisotopic (exact) mass is 196 g/mol. The molecule has 0 radical (unpaired) electrons. The van der Waals surface area contributed by atoms with Crippen LogP contribution < -0.4 is 0 Å². The largest absolute Gasteiger partial charge is 0.469 e. The van der Waals surface area contributed by atoms with E-state index in [2.05, 4.69) is 0 Å². The Kier molecular flexibility index (Phi) is 5.00. The molecule has 1 aromatic rings. The Balaban J connectivity index is 2.09. The average Bonchev–Trinajstić information content (AvgIpc) is 2.68. The van der Waals surface area contributed by atoms with E-state index in [9.17, 15) is 4.79 Å². The molecule has 0 bridgehead atoms. The molecule has 3 heteroatoms. The summed E-state index contributed by atoms with van der Waals surface area (Å²) >= 11 is 0. The van der Waals surface area contributed by atoms with Crippen molar-refractivity contribution in [2.45, 2.75) is 25.7 Å². The number of carbonyl (C=O) groups is 1. The summed E-state index contributed by atoms with van der Waals surface area (Å²) in [6.07, 6.45) is 4.32. The van der Waals surface area contributed by atoms with Crippen molar-refractivity contribution < 1.29 is 13.9 Å². The molecule has 0 unspecified atom stereocenters. The van der Waals surface area contributed by atoms with Gasteiger partial charge in [0.15, 0.2) is 0 Å². The van der Waals surface area contributed by atoms with Gasteiger partial charge in [-0.3, -0.25) is 4.79 Å². The fraction of sp³-hybridized carbons (Fsp3) is 0.545. The van der Waals surface area contributed by atoms with Gasteiger partial charge in [0.1, 0.15) is 11.5 Å². The van der Waals surface area contributed by atoms with E-state index in [0.29, 0.717) is 25.9 Å². The molecular formula is C11H16O3. The van der Waals surface area contributed by atoms with Crippen molar-refractivity contribution in [3.8, 4) is 0 Å². The number of ketones is 1. The van der Waals surface area contributed by atoms with Crippen molar-refractivity contribution in [3.05, 3.63) is 24.2 Å². The van der Waals surface area contributed by atoms with Gasteiger partial charge in [-0.1, -0.05) is 0 Å². The van der Waals surface area contributed by atoms with Gasteiger partial charge < -0.3 is 9.15 Å². The van der Waals surface area contributed by atoms with Gasteiger partial charge in [-0.15, -0.1) is 0 Å². The van der Waals surface area contributed by atoms with E-state index in [0.717, 1.165) is 12.2 Å². The van der Waals surface area contributed by atoms with Crippen LogP contribution in [-0.4, -0.2) is 19.5 Å². The number of Topliss-reactive ketones (excluding diaryl/α,β-unsaturated/α-hetero) is 1. The summed E-state index contributed by atoms with van der Waals surface area (Å²) in [5, 5.41) is 0. The van der Waals surface area contributed by atoms with Crippen LogP contribution in [0.3, 0.4) is 0 Å². The Hall–Kier alpha value is -1.09. The lowest BCUT2D eigenvalue weighted by atomic mass is 10.1. The lowest BCUT2D eigenvalue weighted by Crippen LogP contribution is -2.01. The molecule has 0 aliphatic rings. The van der Waals surface area contributed by atoms with Crippen LogP contribution in [0.25, 0.3) is 0 Å². The molecule has 0 fully saturated rings. The first-order valence-corrected chi connectivity index (χ1v) is 4.86. The summed E-state index contributed by atoms with van der Waals surface area (Å²) in [7, 11) is 1.65. The van der Waals surface area contributed by atoms with E-state index in [1.807, 2.05) is 12.1 Å². The predicted octanol–water partition coefficient (Wildman–Crippen LogP) is 2.21. The predicted molar refractivity (Wildman–Crippen MR) is 53.1 cm³/mol. The van der Waals surface area contributed by atoms with Crippen molar-refractivity contribution in [1.29, 1.82) is 0 Å². The zero-order chi connectivity index (χ0) is 10.2. The fourth-order valence-electron chi connectivity index (χ4n) is 1.26. The zero-order valence-electron chi connectivity index (χ0n) is 8.49. The molecule has 0 spiro atoms. The molecule has 1 heterocycles. The smallest absolute Gasteiger partial charge is 0.133 e. The van der Waals surface area contributed by atoms with Crippen LogP contribution >= 0.6 is 0 Å². The van der Waals surface area contributed by atoms with E-state index in [1.54, 1.807) is 13.4 Å². The topological polar surface area (TPSA) is 39.4 Å². The summed E-state index contributed by atoms with van der Waals surface area (Å²) in [6, 6.07) is 3.73. The minimum absolute atomic E-state index is 0.276. The maximum absolute atomic E-state index is 11.3. The van der Waals surface area contributed by atoms with E-state index in [1.165, 1.54) is 0 Å². The number of hydrogen-bond donors (Lipinski definition) is 0. The molecule has 0 aromatic carbocycles. The van der Waals surface area contributed by atoms with Gasteiger partial charge in [-0.05, 0) is 18.6 Å². The minimum Gasteiger partial charge on any atom is -0.469 e. The minimum atomic E-state index is 0.276. The molecule has 0 aliphatic carbocycles. The Labute approximate surface area is 84.1 Å². The number of furan rings is 1. The molecule has 14 heavy (non-hydrogen) atoms. The summed E-state index contributed by atoms with van der Waals surface area (Å²) < 4.78 is 10.0. The van der Waals surface area contributed by atoms with Gasteiger partial charge in [0, 0.05) is 33.0 Å². The zero-order valence-corrected chi connectivity index (χ0v) is 8.49. The highest BCUT2D eigenvalue weighted by atomic mass is 16.5. The average molecular weight is 196 g/mol. The van der Waals surface area contributed by atoms with Crippen LogP contribution in [0.4, 0.5) is 0 Å². The van der Waals surface area contributed by atoms with Crippen molar-refractivity contribution >= 4 is 5.78 Å². The molecular weight excluding hydrogens is 180 g/mol. The third-order valence-corrected chi connectivity index (χ3v) is 2.03. The van der Waals surface area contributed by atoms with Crippen LogP contribution in [0.15, 0.2) is 22.8 Å². The highest BCUT2D eigenvalue weighted by Crippen LogP contribution is 2.05. The number of rotatable bonds is 7. The third kappa shape index (κ3) is 4.23. The maximum Gasteiger partial charge on any atom is 0.133 e. The lowest BCUT2D eigenvalue weighted by Gasteiger charge is -1.98. The summed E-state index contributed by atoms with van der Waals surface area (Å²) in [5.74, 6) is 1.16. The molecule has 1 rings (SSSR count). The van der Waals surface area contributed by atoms with Gasteiger partial charge in [0.2, 0.25) is 0 Å². The van der Waals surface area contributed by atoms with E-state index < -0.39 is 0 Å². The first-order chi connectivity index (χ1) is 6.83. The quantitative estimate of drug-likeness (QED) is 0.628. The van der Waals surface area contributed by atoms with Gasteiger partial charge in [-0.2, -0.15) is 0 Å². The Morgan fingerprint density at radius 1 is 1.50 bits per heavy atom. The first kappa shape index (κ1) is 11.0. The molecule has 0 aliphatic heterocycles. The van der Waals surface area contributed by atoms with Crippen LogP contribution in [0.5, 0.6) is 0 Å². The number of ether oxygens (including phenoxy) is 1. The van der Waals surface area contributed by atoms with E-state index in [-0.39, 0.29) is 5.78 Å². The first-order valence-electron chi connectivity index (χ1n) is 4.86. The summed E-state index contributed by atoms with van der Waals surface area (Å²) in [4.78, 5) is 11.3. The molecule has 0 N–H and O–H groups in total. The number of aryl methyl sites for hydroxylation is 1. The molecule has 78 valence electrons. The van der Waals surface area contributed by atoms with E-state index in [4.69, 9.17) is 9.15 Å². The number of hydrogen-bond acceptors (Lipinski definition) is 3. The maximum atomic E-state index is 11.3. The van der Waals surface area contributed by atoms with Crippen LogP contribution in [0, 0.1) is 0 Å². The second-order valence-corrected chi connectivity index (χ2v) is 3.21. The standard InChI is InChI=1S/C11H16O3/c1-13-8-2-4-10(12)6-7-11-5-3-9-14-11/h3,5,9H,2,4,6-8H2,1H3. The molecule has 0 saturated heterocycles. The van der Waals surface area contributed by atoms with Crippen LogP contribution in [-0.2, 0) is 16.0 Å². The third-order valence-electron chi connectivity index (χ3n) is 2.03. The van der Waals surface area contributed by atoms with Crippen molar-refractivity contribution in [1.82, 2.24) is 0 Å². The van der Waals surface area contributed by atoms with Gasteiger partial charge in [0.05, 0.1) is 6.26 Å². The molecule has 3 nitrogen and oxygen atoms in total. The second kappa shape index (κ2) is 6.38. The van der Waals surface area contributed by atoms with Crippen molar-refractivity contribution in [2.24, 2.45) is 0 Å². The highest BCUT2D eigenvalue weighted by Gasteiger charge is 2.03. The van der Waals surface area contributed by atoms with Crippen molar-refractivity contribution in [3.63, 3.8) is 0 Å². The van der Waals surface area contributed by atoms with Crippen LogP contribution in [0.2, 0.25) is 0 Å². The van der Waals surface area contributed by atoms with Crippen LogP contribution in [0.1, 0.15) is 25.0 Å². The fourth-order valence-corrected chi connectivity index (χ4v) is 1.26. The van der Waals surface area contributed by atoms with Gasteiger partial charge >= 0.3 is 0 Å². The van der Waals surface area contributed by atoms with Gasteiger partial charge in [0.25, 0.3) is 0 Å².